The van der Waals surface area contributed by atoms with Gasteiger partial charge in [-0.1, -0.05) is 12.1 Å². The second-order valence-electron chi connectivity index (χ2n) is 8.19. The first-order valence-electron chi connectivity index (χ1n) is 10.5. The molecule has 0 radical (unpaired) electrons. The molecule has 1 N–H and O–H groups in total. The minimum absolute atomic E-state index is 0.0591. The van der Waals surface area contributed by atoms with Crippen LogP contribution < -0.4 is 4.90 Å². The number of aryl methyl sites for hydroxylation is 1. The van der Waals surface area contributed by atoms with E-state index in [9.17, 15) is 27.7 Å². The van der Waals surface area contributed by atoms with Crippen molar-refractivity contribution < 1.29 is 26.9 Å². The molecule has 2 aromatic heterocycles. The fourth-order valence-corrected chi connectivity index (χ4v) is 4.45. The Morgan fingerprint density at radius 1 is 1.14 bits per heavy atom. The van der Waals surface area contributed by atoms with Crippen LogP contribution in [0.3, 0.4) is 0 Å². The van der Waals surface area contributed by atoms with Gasteiger partial charge in [-0.25, -0.2) is 18.7 Å². The van der Waals surface area contributed by atoms with Crippen molar-refractivity contribution in [2.24, 2.45) is 0 Å². The topological polar surface area (TPSA) is 88.0 Å². The Morgan fingerprint density at radius 2 is 1.91 bits per heavy atom. The molecule has 7 nitrogen and oxygen atoms in total. The van der Waals surface area contributed by atoms with Gasteiger partial charge in [0.05, 0.1) is 4.92 Å². The number of aromatic amines is 1. The number of nitrogens with one attached hydrogen (secondary N) is 1. The summed E-state index contributed by atoms with van der Waals surface area (Å²) in [5.74, 6) is -2.53. The number of aromatic nitrogens is 3. The van der Waals surface area contributed by atoms with Gasteiger partial charge in [-0.15, -0.1) is 0 Å². The molecule has 0 saturated heterocycles. The number of anilines is 1. The lowest BCUT2D eigenvalue weighted by Gasteiger charge is -2.36. The molecule has 4 aromatic rings. The Hall–Kier alpha value is -4.09. The number of nitrogens with zero attached hydrogens (tertiary/aromatic N) is 4. The van der Waals surface area contributed by atoms with Crippen LogP contribution in [0.4, 0.5) is 33.6 Å². The fourth-order valence-electron chi connectivity index (χ4n) is 4.45. The number of non-ortho nitro benzene ring substituents is 1. The van der Waals surface area contributed by atoms with E-state index in [4.69, 9.17) is 0 Å². The van der Waals surface area contributed by atoms with Gasteiger partial charge in [0, 0.05) is 47.0 Å². The van der Waals surface area contributed by atoms with Crippen LogP contribution in [0.2, 0.25) is 0 Å². The SMILES string of the molecule is Cc1ccc(C2c3[nH]c4ccc([N+](=O)[O-])cc4c3CCN2c2nccc(C(F)(F)F)n2)c(F)c1F. The van der Waals surface area contributed by atoms with Crippen LogP contribution in [0.5, 0.6) is 0 Å². The van der Waals surface area contributed by atoms with Crippen LogP contribution in [0, 0.1) is 28.7 Å². The maximum absolute atomic E-state index is 15.2. The average molecular weight is 489 g/mol. The molecule has 35 heavy (non-hydrogen) atoms. The molecule has 0 fully saturated rings. The smallest absolute Gasteiger partial charge is 0.356 e. The minimum atomic E-state index is -4.73. The lowest BCUT2D eigenvalue weighted by Crippen LogP contribution is -2.38. The predicted molar refractivity (Wildman–Crippen MR) is 116 cm³/mol. The molecule has 0 bridgehead atoms. The van der Waals surface area contributed by atoms with Crippen LogP contribution in [0.25, 0.3) is 10.9 Å². The van der Waals surface area contributed by atoms with E-state index < -0.39 is 34.5 Å². The van der Waals surface area contributed by atoms with Gasteiger partial charge in [-0.05, 0) is 36.6 Å². The molecule has 0 saturated carbocycles. The summed E-state index contributed by atoms with van der Waals surface area (Å²) in [5.41, 5.74) is 0.132. The van der Waals surface area contributed by atoms with Crippen molar-refractivity contribution in [2.45, 2.75) is 25.6 Å². The third-order valence-corrected chi connectivity index (χ3v) is 6.11. The quantitative estimate of drug-likeness (QED) is 0.229. The maximum Gasteiger partial charge on any atom is 0.433 e. The highest BCUT2D eigenvalue weighted by Gasteiger charge is 2.38. The van der Waals surface area contributed by atoms with Crippen LogP contribution >= 0.6 is 0 Å². The Bertz CT molecular complexity index is 1480. The normalized spacial score (nSPS) is 15.9. The van der Waals surface area contributed by atoms with E-state index in [1.165, 1.54) is 42.2 Å². The molecule has 3 heterocycles. The average Bonchev–Trinajstić information content (AvgIpc) is 3.20. The Balaban J connectivity index is 1.74. The van der Waals surface area contributed by atoms with Crippen molar-refractivity contribution in [3.8, 4) is 0 Å². The fraction of sp³-hybridized carbons (Fsp3) is 0.217. The van der Waals surface area contributed by atoms with Crippen molar-refractivity contribution in [1.29, 1.82) is 0 Å². The highest BCUT2D eigenvalue weighted by molar-refractivity contribution is 5.88. The van der Waals surface area contributed by atoms with Crippen molar-refractivity contribution in [2.75, 3.05) is 11.4 Å². The minimum Gasteiger partial charge on any atom is -0.356 e. The Morgan fingerprint density at radius 3 is 2.63 bits per heavy atom. The zero-order valence-electron chi connectivity index (χ0n) is 18.0. The van der Waals surface area contributed by atoms with Crippen LogP contribution in [-0.4, -0.2) is 26.4 Å². The van der Waals surface area contributed by atoms with E-state index in [0.717, 1.165) is 12.3 Å². The summed E-state index contributed by atoms with van der Waals surface area (Å²) >= 11 is 0. The van der Waals surface area contributed by atoms with Gasteiger partial charge in [0.15, 0.2) is 11.6 Å². The Kier molecular flexibility index (Phi) is 5.18. The molecule has 0 aliphatic carbocycles. The lowest BCUT2D eigenvalue weighted by molar-refractivity contribution is -0.384. The molecule has 180 valence electrons. The number of benzene rings is 2. The molecule has 5 rings (SSSR count). The van der Waals surface area contributed by atoms with Gasteiger partial charge in [0.1, 0.15) is 11.7 Å². The number of nitro benzene ring substituents is 1. The largest absolute Gasteiger partial charge is 0.433 e. The standard InChI is InChI=1S/C23H16F5N5O2/c1-11-2-4-14(19(25)18(11)24)21-20-13(15-10-12(33(34)35)3-5-16(15)30-20)7-9-32(21)22-29-8-6-17(31-22)23(26,27)28/h2-6,8,10,21,30H,7,9H2,1H3. The monoisotopic (exact) mass is 489 g/mol. The number of H-pyrrole nitrogens is 1. The first-order chi connectivity index (χ1) is 16.6. The van der Waals surface area contributed by atoms with Gasteiger partial charge < -0.3 is 9.88 Å². The Labute approximate surface area is 194 Å². The highest BCUT2D eigenvalue weighted by Crippen LogP contribution is 2.42. The molecule has 1 atom stereocenters. The number of alkyl halides is 3. The molecule has 1 aliphatic heterocycles. The first-order valence-corrected chi connectivity index (χ1v) is 10.5. The summed E-state index contributed by atoms with van der Waals surface area (Å²) in [4.78, 5) is 22.8. The zero-order valence-corrected chi connectivity index (χ0v) is 18.0. The summed E-state index contributed by atoms with van der Waals surface area (Å²) in [6.07, 6.45) is -3.52. The number of hydrogen-bond donors (Lipinski definition) is 1. The summed E-state index contributed by atoms with van der Waals surface area (Å²) in [7, 11) is 0. The van der Waals surface area contributed by atoms with Crippen LogP contribution in [-0.2, 0) is 12.6 Å². The van der Waals surface area contributed by atoms with Crippen LogP contribution in [0.15, 0.2) is 42.6 Å². The second-order valence-corrected chi connectivity index (χ2v) is 8.19. The number of halogens is 5. The molecular weight excluding hydrogens is 473 g/mol. The van der Waals surface area contributed by atoms with E-state index in [2.05, 4.69) is 15.0 Å². The van der Waals surface area contributed by atoms with Gasteiger partial charge in [0.25, 0.3) is 5.69 Å². The molecule has 1 aliphatic rings. The van der Waals surface area contributed by atoms with Crippen molar-refractivity contribution in [3.05, 3.63) is 92.4 Å². The summed E-state index contributed by atoms with van der Waals surface area (Å²) in [5, 5.41) is 11.8. The summed E-state index contributed by atoms with van der Waals surface area (Å²) < 4.78 is 69.7. The van der Waals surface area contributed by atoms with Gasteiger partial charge in [-0.3, -0.25) is 10.1 Å². The maximum atomic E-state index is 15.2. The molecule has 0 amide bonds. The molecule has 2 aromatic carbocycles. The number of rotatable bonds is 3. The van der Waals surface area contributed by atoms with Crippen LogP contribution in [0.1, 0.15) is 34.1 Å². The van der Waals surface area contributed by atoms with Crippen molar-refractivity contribution in [1.82, 2.24) is 15.0 Å². The third kappa shape index (κ3) is 3.74. The zero-order chi connectivity index (χ0) is 25.1. The third-order valence-electron chi connectivity index (χ3n) is 6.11. The van der Waals surface area contributed by atoms with Gasteiger partial charge in [-0.2, -0.15) is 13.2 Å². The highest BCUT2D eigenvalue weighted by atomic mass is 19.4. The molecule has 0 spiro atoms. The molecule has 12 heteroatoms. The van der Waals surface area contributed by atoms with E-state index in [0.29, 0.717) is 22.2 Å². The number of hydrogen-bond acceptors (Lipinski definition) is 5. The van der Waals surface area contributed by atoms with E-state index in [1.54, 1.807) is 0 Å². The second kappa shape index (κ2) is 8.00. The lowest BCUT2D eigenvalue weighted by atomic mass is 9.91. The predicted octanol–water partition coefficient (Wildman–Crippen LogP) is 5.62. The van der Waals surface area contributed by atoms with E-state index in [-0.39, 0.29) is 35.7 Å². The van der Waals surface area contributed by atoms with Crippen molar-refractivity contribution in [3.63, 3.8) is 0 Å². The van der Waals surface area contributed by atoms with E-state index >= 15 is 4.39 Å². The molecular formula is C23H16F5N5O2. The first kappa shape index (κ1) is 22.7. The van der Waals surface area contributed by atoms with E-state index in [1.807, 2.05) is 0 Å². The van der Waals surface area contributed by atoms with Gasteiger partial charge >= 0.3 is 6.18 Å². The summed E-state index contributed by atoms with van der Waals surface area (Å²) in [6.45, 7) is 1.45. The van der Waals surface area contributed by atoms with Gasteiger partial charge in [0.2, 0.25) is 5.95 Å². The summed E-state index contributed by atoms with van der Waals surface area (Å²) in [6, 6.07) is 6.54. The number of nitro groups is 1. The van der Waals surface area contributed by atoms with Crippen molar-refractivity contribution >= 4 is 22.5 Å². The number of fused-ring (bicyclic) bond motifs is 3. The molecule has 1 unspecified atom stereocenters.